The standard InChI is InChI=1S/C31H50N4O6S/c1-9-20(6)22(16-26(36)31-14-12-21(13-15-31)35(31)8)28(37)34(7)24(19(4)5)17-25(41-30(39)32-10-2)27-33-23(18-42-27)29(38)40-11-3/h18-22,24-25H,9-17H2,1-8H3,(H,32,39)/t20-,21?,22-,24+,25+,31?/m0/s1. The van der Waals surface area contributed by atoms with Gasteiger partial charge in [0.1, 0.15) is 5.01 Å². The van der Waals surface area contributed by atoms with Crippen molar-refractivity contribution in [1.82, 2.24) is 20.1 Å². The number of hydrogen-bond acceptors (Lipinski definition) is 9. The molecular formula is C31H50N4O6S. The van der Waals surface area contributed by atoms with Crippen LogP contribution in [0.3, 0.4) is 0 Å². The molecule has 2 aliphatic heterocycles. The van der Waals surface area contributed by atoms with Gasteiger partial charge in [0.05, 0.1) is 12.1 Å². The fourth-order valence-corrected chi connectivity index (χ4v) is 7.45. The van der Waals surface area contributed by atoms with Gasteiger partial charge in [-0.1, -0.05) is 34.1 Å². The number of rotatable bonds is 15. The quantitative estimate of drug-likeness (QED) is 0.270. The third-order valence-electron chi connectivity index (χ3n) is 9.50. The fourth-order valence-electron chi connectivity index (χ4n) is 6.62. The van der Waals surface area contributed by atoms with Gasteiger partial charge in [0.15, 0.2) is 17.6 Å². The van der Waals surface area contributed by atoms with Crippen molar-refractivity contribution in [1.29, 1.82) is 0 Å². The SMILES string of the molecule is CCNC(=O)O[C@H](C[C@H](C(C)C)N(C)C(=O)[C@@H](CC(=O)C12CCC(CC1)N2C)[C@@H](C)CC)c1nc(C(=O)OCC)cs1. The molecule has 1 N–H and O–H groups in total. The van der Waals surface area contributed by atoms with Crippen molar-refractivity contribution in [2.75, 3.05) is 27.2 Å². The second-order valence-corrected chi connectivity index (χ2v) is 13.1. The lowest BCUT2D eigenvalue weighted by Gasteiger charge is -2.38. The molecule has 0 radical (unpaired) electrons. The number of alkyl carbamates (subject to hydrolysis) is 1. The number of ether oxygens (including phenoxy) is 2. The number of amides is 2. The molecule has 2 amide bonds. The number of ketones is 1. The van der Waals surface area contributed by atoms with E-state index in [4.69, 9.17) is 9.47 Å². The Kier molecular flexibility index (Phi) is 11.9. The summed E-state index contributed by atoms with van der Waals surface area (Å²) in [4.78, 5) is 61.3. The zero-order chi connectivity index (χ0) is 31.2. The van der Waals surface area contributed by atoms with Crippen LogP contribution in [0.1, 0.15) is 108 Å². The van der Waals surface area contributed by atoms with E-state index < -0.39 is 29.6 Å². The first-order valence-corrected chi connectivity index (χ1v) is 16.4. The normalized spacial score (nSPS) is 22.8. The smallest absolute Gasteiger partial charge is 0.407 e. The molecule has 1 aromatic heterocycles. The Balaban J connectivity index is 1.84. The van der Waals surface area contributed by atoms with Crippen LogP contribution in [-0.2, 0) is 19.1 Å². The number of carbonyl (C=O) groups excluding carboxylic acids is 4. The van der Waals surface area contributed by atoms with E-state index >= 15 is 0 Å². The zero-order valence-corrected chi connectivity index (χ0v) is 27.4. The molecular weight excluding hydrogens is 556 g/mol. The van der Waals surface area contributed by atoms with Crippen LogP contribution in [-0.4, -0.2) is 83.4 Å². The van der Waals surface area contributed by atoms with Gasteiger partial charge in [-0.05, 0) is 58.4 Å². The third kappa shape index (κ3) is 7.33. The summed E-state index contributed by atoms with van der Waals surface area (Å²) in [6.07, 6.45) is 3.77. The molecule has 10 nitrogen and oxygen atoms in total. The van der Waals surface area contributed by atoms with Gasteiger partial charge < -0.3 is 19.7 Å². The molecule has 42 heavy (non-hydrogen) atoms. The lowest BCUT2D eigenvalue weighted by atomic mass is 9.77. The van der Waals surface area contributed by atoms with Crippen molar-refractivity contribution in [3.8, 4) is 0 Å². The topological polar surface area (TPSA) is 118 Å². The van der Waals surface area contributed by atoms with Crippen molar-refractivity contribution >= 4 is 35.1 Å². The lowest BCUT2D eigenvalue weighted by Crippen LogP contribution is -2.50. The van der Waals surface area contributed by atoms with Crippen molar-refractivity contribution < 1.29 is 28.7 Å². The number of Topliss-reactive ketones (excluding diaryl/α,β-unsaturated/α-hetero) is 1. The molecule has 2 saturated heterocycles. The van der Waals surface area contributed by atoms with Crippen LogP contribution in [0.15, 0.2) is 5.38 Å². The van der Waals surface area contributed by atoms with Gasteiger partial charge in [-0.15, -0.1) is 11.3 Å². The first-order chi connectivity index (χ1) is 19.9. The molecule has 3 heterocycles. The summed E-state index contributed by atoms with van der Waals surface area (Å²) in [5.41, 5.74) is -0.271. The summed E-state index contributed by atoms with van der Waals surface area (Å²) in [5.74, 6) is -0.797. The number of aromatic nitrogens is 1. The van der Waals surface area contributed by atoms with Gasteiger partial charge >= 0.3 is 12.1 Å². The number of carbonyl (C=O) groups is 4. The van der Waals surface area contributed by atoms with Crippen LogP contribution >= 0.6 is 11.3 Å². The van der Waals surface area contributed by atoms with E-state index in [0.717, 1.165) is 32.1 Å². The monoisotopic (exact) mass is 606 g/mol. The average Bonchev–Trinajstić information content (AvgIpc) is 3.67. The van der Waals surface area contributed by atoms with E-state index in [1.807, 2.05) is 13.8 Å². The summed E-state index contributed by atoms with van der Waals surface area (Å²) in [5, 5.41) is 4.71. The predicted molar refractivity (Wildman–Crippen MR) is 162 cm³/mol. The number of thiazole rings is 1. The Morgan fingerprint density at radius 3 is 2.36 bits per heavy atom. The minimum Gasteiger partial charge on any atom is -0.461 e. The Bertz CT molecular complexity index is 1100. The molecule has 2 fully saturated rings. The van der Waals surface area contributed by atoms with Crippen LogP contribution in [0, 0.1) is 17.8 Å². The Labute approximate surface area is 254 Å². The molecule has 0 aliphatic carbocycles. The maximum absolute atomic E-state index is 14.2. The number of hydrogen-bond donors (Lipinski definition) is 1. The molecule has 3 rings (SSSR count). The Morgan fingerprint density at radius 2 is 1.83 bits per heavy atom. The fraction of sp³-hybridized carbons (Fsp3) is 0.774. The number of likely N-dealkylation sites (N-methyl/N-ethyl adjacent to an activating group) is 1. The average molecular weight is 607 g/mol. The van der Waals surface area contributed by atoms with E-state index in [-0.39, 0.29) is 48.3 Å². The van der Waals surface area contributed by atoms with Crippen LogP contribution in [0.5, 0.6) is 0 Å². The minimum absolute atomic E-state index is 0.0206. The van der Waals surface area contributed by atoms with Crippen LogP contribution in [0.25, 0.3) is 0 Å². The molecule has 2 bridgehead atoms. The Morgan fingerprint density at radius 1 is 1.17 bits per heavy atom. The summed E-state index contributed by atoms with van der Waals surface area (Å²) in [6.45, 7) is 12.3. The highest BCUT2D eigenvalue weighted by Crippen LogP contribution is 2.47. The van der Waals surface area contributed by atoms with Gasteiger partial charge in [0.25, 0.3) is 0 Å². The molecule has 0 aromatic carbocycles. The molecule has 0 spiro atoms. The molecule has 4 atom stereocenters. The van der Waals surface area contributed by atoms with Crippen molar-refractivity contribution in [3.63, 3.8) is 0 Å². The number of nitrogens with zero attached hydrogens (tertiary/aromatic N) is 3. The van der Waals surface area contributed by atoms with Gasteiger partial charge in [-0.3, -0.25) is 14.5 Å². The maximum Gasteiger partial charge on any atom is 0.407 e. The van der Waals surface area contributed by atoms with Crippen molar-refractivity contribution in [3.05, 3.63) is 16.1 Å². The summed E-state index contributed by atoms with van der Waals surface area (Å²) < 4.78 is 10.9. The van der Waals surface area contributed by atoms with E-state index in [9.17, 15) is 19.2 Å². The highest BCUT2D eigenvalue weighted by molar-refractivity contribution is 7.09. The molecule has 1 aromatic rings. The second kappa shape index (κ2) is 14.8. The van der Waals surface area contributed by atoms with Gasteiger partial charge in [-0.2, -0.15) is 0 Å². The largest absolute Gasteiger partial charge is 0.461 e. The Hall–Kier alpha value is -2.53. The summed E-state index contributed by atoms with van der Waals surface area (Å²) in [7, 11) is 3.85. The third-order valence-corrected chi connectivity index (χ3v) is 10.4. The van der Waals surface area contributed by atoms with Crippen LogP contribution < -0.4 is 5.32 Å². The van der Waals surface area contributed by atoms with Gasteiger partial charge in [0, 0.05) is 49.8 Å². The number of nitrogens with one attached hydrogen (secondary N) is 1. The second-order valence-electron chi connectivity index (χ2n) is 12.2. The van der Waals surface area contributed by atoms with Crippen molar-refractivity contribution in [2.45, 2.75) is 110 Å². The highest BCUT2D eigenvalue weighted by Gasteiger charge is 2.54. The lowest BCUT2D eigenvalue weighted by molar-refractivity contribution is -0.143. The first-order valence-electron chi connectivity index (χ1n) is 15.5. The predicted octanol–water partition coefficient (Wildman–Crippen LogP) is 5.23. The van der Waals surface area contributed by atoms with E-state index in [1.165, 1.54) is 11.3 Å². The van der Waals surface area contributed by atoms with E-state index in [0.29, 0.717) is 24.0 Å². The molecule has 236 valence electrons. The highest BCUT2D eigenvalue weighted by atomic mass is 32.1. The molecule has 0 unspecified atom stereocenters. The molecule has 0 saturated carbocycles. The van der Waals surface area contributed by atoms with Gasteiger partial charge in [0.2, 0.25) is 5.91 Å². The summed E-state index contributed by atoms with van der Waals surface area (Å²) in [6, 6.07) is 0.161. The van der Waals surface area contributed by atoms with Crippen LogP contribution in [0.4, 0.5) is 4.79 Å². The minimum atomic E-state index is -0.780. The maximum atomic E-state index is 14.2. The summed E-state index contributed by atoms with van der Waals surface area (Å²) >= 11 is 1.22. The zero-order valence-electron chi connectivity index (χ0n) is 26.6. The van der Waals surface area contributed by atoms with Crippen molar-refractivity contribution in [2.24, 2.45) is 17.8 Å². The van der Waals surface area contributed by atoms with Gasteiger partial charge in [-0.25, -0.2) is 14.6 Å². The molecule has 11 heteroatoms. The molecule has 2 aliphatic rings. The number of fused-ring (bicyclic) bond motifs is 2. The van der Waals surface area contributed by atoms with E-state index in [1.54, 1.807) is 31.2 Å². The first kappa shape index (κ1) is 34.0. The number of esters is 1. The van der Waals surface area contributed by atoms with E-state index in [2.05, 4.69) is 36.1 Å². The van der Waals surface area contributed by atoms with Crippen LogP contribution in [0.2, 0.25) is 0 Å².